The lowest BCUT2D eigenvalue weighted by atomic mass is 10.1. The van der Waals surface area contributed by atoms with E-state index in [0.29, 0.717) is 0 Å². The molecule has 4 nitrogen and oxygen atoms in total. The van der Waals surface area contributed by atoms with Crippen molar-refractivity contribution in [3.05, 3.63) is 16.3 Å². The molecule has 13 heavy (non-hydrogen) atoms. The predicted octanol–water partition coefficient (Wildman–Crippen LogP) is 0.806. The van der Waals surface area contributed by atoms with Crippen LogP contribution in [0.2, 0.25) is 0 Å². The summed E-state index contributed by atoms with van der Waals surface area (Å²) in [7, 11) is 1.52. The van der Waals surface area contributed by atoms with Crippen LogP contribution in [0, 0.1) is 0 Å². The Kier molecular flexibility index (Phi) is 2.28. The summed E-state index contributed by atoms with van der Waals surface area (Å²) >= 11 is 0. The number of rotatable bonds is 1. The van der Waals surface area contributed by atoms with E-state index >= 15 is 0 Å². The van der Waals surface area contributed by atoms with Crippen LogP contribution in [0.5, 0.6) is 0 Å². The molecule has 0 atom stereocenters. The molecule has 0 saturated carbocycles. The minimum absolute atomic E-state index is 0.181. The lowest BCUT2D eigenvalue weighted by Gasteiger charge is -2.20. The molecule has 0 N–H and O–H groups in total. The first-order chi connectivity index (χ1) is 5.88. The summed E-state index contributed by atoms with van der Waals surface area (Å²) in [6.07, 6.45) is 0. The van der Waals surface area contributed by atoms with Crippen molar-refractivity contribution in [2.45, 2.75) is 33.0 Å². The zero-order chi connectivity index (χ0) is 10.2. The molecule has 1 rings (SSSR count). The van der Waals surface area contributed by atoms with E-state index in [1.807, 2.05) is 20.8 Å². The number of aromatic nitrogens is 3. The Bertz CT molecular complexity index is 358. The monoisotopic (exact) mass is 187 g/mol. The van der Waals surface area contributed by atoms with E-state index in [9.17, 15) is 9.18 Å². The largest absolute Gasteiger partial charge is 0.346 e. The molecule has 0 aliphatic rings. The van der Waals surface area contributed by atoms with Crippen molar-refractivity contribution in [3.63, 3.8) is 0 Å². The highest BCUT2D eigenvalue weighted by Gasteiger charge is 2.22. The normalized spacial score (nSPS) is 12.1. The van der Waals surface area contributed by atoms with Crippen molar-refractivity contribution in [2.75, 3.05) is 0 Å². The Morgan fingerprint density at radius 2 is 2.00 bits per heavy atom. The molecule has 5 heteroatoms. The highest BCUT2D eigenvalue weighted by molar-refractivity contribution is 4.91. The van der Waals surface area contributed by atoms with Gasteiger partial charge in [0.2, 0.25) is 0 Å². The third-order valence-electron chi connectivity index (χ3n) is 1.78. The van der Waals surface area contributed by atoms with Gasteiger partial charge in [-0.15, -0.1) is 0 Å². The second-order valence-electron chi connectivity index (χ2n) is 3.96. The van der Waals surface area contributed by atoms with Crippen molar-refractivity contribution in [1.82, 2.24) is 14.3 Å². The number of hydrogen-bond donors (Lipinski definition) is 0. The van der Waals surface area contributed by atoms with Crippen LogP contribution in [0.4, 0.5) is 4.39 Å². The van der Waals surface area contributed by atoms with Gasteiger partial charge >= 0.3 is 5.69 Å². The van der Waals surface area contributed by atoms with Crippen LogP contribution in [0.1, 0.15) is 26.6 Å². The number of alkyl halides is 1. The fourth-order valence-electron chi connectivity index (χ4n) is 1.28. The van der Waals surface area contributed by atoms with Gasteiger partial charge < -0.3 is 0 Å². The predicted molar refractivity (Wildman–Crippen MR) is 47.3 cm³/mol. The molecule has 0 bridgehead atoms. The summed E-state index contributed by atoms with van der Waals surface area (Å²) in [5.74, 6) is 0.181. The third kappa shape index (κ3) is 1.64. The Hall–Kier alpha value is -1.13. The minimum Gasteiger partial charge on any atom is -0.271 e. The maximum Gasteiger partial charge on any atom is 0.346 e. The van der Waals surface area contributed by atoms with Crippen LogP contribution >= 0.6 is 0 Å². The van der Waals surface area contributed by atoms with Crippen LogP contribution in [0.3, 0.4) is 0 Å². The Labute approximate surface area is 76.0 Å². The molecule has 1 aromatic rings. The highest BCUT2D eigenvalue weighted by Crippen LogP contribution is 2.13. The first-order valence-electron chi connectivity index (χ1n) is 4.09. The van der Waals surface area contributed by atoms with E-state index in [-0.39, 0.29) is 11.5 Å². The SMILES string of the molecule is Cn1nc(CF)n(C(C)(C)C)c1=O. The average Bonchev–Trinajstić information content (AvgIpc) is 2.26. The van der Waals surface area contributed by atoms with E-state index in [4.69, 9.17) is 0 Å². The van der Waals surface area contributed by atoms with Gasteiger partial charge in [-0.2, -0.15) is 5.10 Å². The van der Waals surface area contributed by atoms with Crippen LogP contribution in [0.15, 0.2) is 4.79 Å². The van der Waals surface area contributed by atoms with Gasteiger partial charge in [-0.3, -0.25) is 4.57 Å². The molecule has 0 radical (unpaired) electrons. The molecule has 1 heterocycles. The quantitative estimate of drug-likeness (QED) is 0.652. The van der Waals surface area contributed by atoms with E-state index in [0.717, 1.165) is 4.68 Å². The lowest BCUT2D eigenvalue weighted by molar-refractivity contribution is 0.344. The summed E-state index contributed by atoms with van der Waals surface area (Å²) < 4.78 is 15.0. The van der Waals surface area contributed by atoms with Crippen molar-refractivity contribution in [3.8, 4) is 0 Å². The number of hydrogen-bond acceptors (Lipinski definition) is 2. The van der Waals surface area contributed by atoms with Crippen LogP contribution in [0.25, 0.3) is 0 Å². The van der Waals surface area contributed by atoms with E-state index < -0.39 is 12.2 Å². The standard InChI is InChI=1S/C8H14FN3O/c1-8(2,3)12-6(5-9)10-11(4)7(12)13/h5H2,1-4H3. The van der Waals surface area contributed by atoms with Gasteiger partial charge in [-0.1, -0.05) is 0 Å². The van der Waals surface area contributed by atoms with Gasteiger partial charge in [0, 0.05) is 12.6 Å². The summed E-state index contributed by atoms with van der Waals surface area (Å²) in [6, 6.07) is 0. The van der Waals surface area contributed by atoms with E-state index in [1.54, 1.807) is 0 Å². The summed E-state index contributed by atoms with van der Waals surface area (Å²) in [4.78, 5) is 11.5. The van der Waals surface area contributed by atoms with Gasteiger partial charge in [-0.05, 0) is 20.8 Å². The zero-order valence-corrected chi connectivity index (χ0v) is 8.33. The van der Waals surface area contributed by atoms with Crippen LogP contribution in [-0.2, 0) is 19.3 Å². The zero-order valence-electron chi connectivity index (χ0n) is 8.33. The maximum atomic E-state index is 12.5. The van der Waals surface area contributed by atoms with Crippen molar-refractivity contribution < 1.29 is 4.39 Å². The maximum absolute atomic E-state index is 12.5. The van der Waals surface area contributed by atoms with Gasteiger partial charge in [0.15, 0.2) is 5.82 Å². The van der Waals surface area contributed by atoms with Gasteiger partial charge in [-0.25, -0.2) is 13.9 Å². The number of halogens is 1. The fraction of sp³-hybridized carbons (Fsp3) is 0.750. The summed E-state index contributed by atoms with van der Waals surface area (Å²) in [5.41, 5.74) is -0.701. The number of nitrogens with zero attached hydrogens (tertiary/aromatic N) is 3. The smallest absolute Gasteiger partial charge is 0.271 e. The molecule has 0 spiro atoms. The van der Waals surface area contributed by atoms with Crippen molar-refractivity contribution in [2.24, 2.45) is 7.05 Å². The molecule has 74 valence electrons. The van der Waals surface area contributed by atoms with Gasteiger partial charge in [0.25, 0.3) is 0 Å². The molecule has 0 aliphatic heterocycles. The first-order valence-corrected chi connectivity index (χ1v) is 4.09. The fourth-order valence-corrected chi connectivity index (χ4v) is 1.28. The second kappa shape index (κ2) is 2.97. The van der Waals surface area contributed by atoms with Crippen LogP contribution < -0.4 is 5.69 Å². The minimum atomic E-state index is -0.715. The van der Waals surface area contributed by atoms with Crippen molar-refractivity contribution >= 4 is 0 Å². The van der Waals surface area contributed by atoms with E-state index in [1.165, 1.54) is 11.6 Å². The Morgan fingerprint density at radius 1 is 1.46 bits per heavy atom. The molecular weight excluding hydrogens is 173 g/mol. The summed E-state index contributed by atoms with van der Waals surface area (Å²) in [5, 5.41) is 3.79. The molecular formula is C8H14FN3O. The molecule has 0 unspecified atom stereocenters. The van der Waals surface area contributed by atoms with E-state index in [2.05, 4.69) is 5.10 Å². The molecule has 0 aromatic carbocycles. The molecule has 1 aromatic heterocycles. The molecule has 0 fully saturated rings. The molecule has 0 amide bonds. The third-order valence-corrected chi connectivity index (χ3v) is 1.78. The van der Waals surface area contributed by atoms with Gasteiger partial charge in [0.1, 0.15) is 6.67 Å². The average molecular weight is 187 g/mol. The van der Waals surface area contributed by atoms with Gasteiger partial charge in [0.05, 0.1) is 0 Å². The molecule has 0 saturated heterocycles. The topological polar surface area (TPSA) is 39.8 Å². The highest BCUT2D eigenvalue weighted by atomic mass is 19.1. The first kappa shape index (κ1) is 9.95. The summed E-state index contributed by atoms with van der Waals surface area (Å²) in [6.45, 7) is 4.81. The Balaban J connectivity index is 3.42. The second-order valence-corrected chi connectivity index (χ2v) is 3.96. The number of aryl methyl sites for hydroxylation is 1. The molecule has 0 aliphatic carbocycles. The Morgan fingerprint density at radius 3 is 2.31 bits per heavy atom. The van der Waals surface area contributed by atoms with Crippen LogP contribution in [-0.4, -0.2) is 14.3 Å². The lowest BCUT2D eigenvalue weighted by Crippen LogP contribution is -2.35. The van der Waals surface area contributed by atoms with Crippen molar-refractivity contribution in [1.29, 1.82) is 0 Å².